The molecule has 208 valence electrons. The number of primary amides is 1. The third kappa shape index (κ3) is 2.79. The Balaban J connectivity index is 1.27. The number of likely N-dealkylation sites (tertiary alicyclic amines) is 1. The number of nitrogens with zero attached hydrogens (tertiary/aromatic N) is 2. The number of hydrogen-bond acceptors (Lipinski definition) is 6. The zero-order valence-electron chi connectivity index (χ0n) is 22.7. The number of ether oxygens (including phenoxy) is 1. The lowest BCUT2D eigenvalue weighted by Crippen LogP contribution is -2.78. The van der Waals surface area contributed by atoms with E-state index in [9.17, 15) is 19.8 Å². The smallest absolute Gasteiger partial charge is 0.252 e. The first-order chi connectivity index (χ1) is 19.2. The number of rotatable bonds is 6. The van der Waals surface area contributed by atoms with E-state index in [4.69, 9.17) is 10.5 Å². The molecule has 40 heavy (non-hydrogen) atoms. The molecule has 5 atom stereocenters. The summed E-state index contributed by atoms with van der Waals surface area (Å²) in [5, 5.41) is 23.4. The maximum Gasteiger partial charge on any atom is 0.252 e. The molecule has 2 aliphatic heterocycles. The van der Waals surface area contributed by atoms with Crippen molar-refractivity contribution in [3.05, 3.63) is 70.8 Å². The zero-order chi connectivity index (χ0) is 27.7. The first kappa shape index (κ1) is 24.4. The van der Waals surface area contributed by atoms with Gasteiger partial charge < -0.3 is 25.6 Å². The number of nitrogens with two attached hydrogens (primary N) is 1. The van der Waals surface area contributed by atoms with E-state index in [0.717, 1.165) is 42.5 Å². The second-order valence-electron chi connectivity index (χ2n) is 13.2. The Bertz CT molecular complexity index is 1500. The predicted molar refractivity (Wildman–Crippen MR) is 146 cm³/mol. The van der Waals surface area contributed by atoms with Gasteiger partial charge in [-0.05, 0) is 62.3 Å². The van der Waals surface area contributed by atoms with Crippen LogP contribution in [0.15, 0.2) is 54.1 Å². The molecule has 2 aromatic carbocycles. The van der Waals surface area contributed by atoms with Crippen molar-refractivity contribution in [2.75, 3.05) is 20.1 Å². The van der Waals surface area contributed by atoms with Gasteiger partial charge in [0.25, 0.3) is 5.91 Å². The Morgan fingerprint density at radius 2 is 1.88 bits per heavy atom. The van der Waals surface area contributed by atoms with Crippen LogP contribution in [0, 0.1) is 10.8 Å². The van der Waals surface area contributed by atoms with E-state index in [-0.39, 0.29) is 23.6 Å². The van der Waals surface area contributed by atoms with E-state index >= 15 is 0 Å². The van der Waals surface area contributed by atoms with Gasteiger partial charge >= 0.3 is 0 Å². The van der Waals surface area contributed by atoms with Gasteiger partial charge in [0.05, 0.1) is 10.8 Å². The third-order valence-corrected chi connectivity index (χ3v) is 11.4. The van der Waals surface area contributed by atoms with Crippen molar-refractivity contribution in [3.8, 4) is 11.5 Å². The molecule has 3 fully saturated rings. The van der Waals surface area contributed by atoms with Gasteiger partial charge in [-0.1, -0.05) is 42.5 Å². The Morgan fingerprint density at radius 3 is 2.60 bits per heavy atom. The van der Waals surface area contributed by atoms with Crippen LogP contribution in [0.4, 0.5) is 0 Å². The molecule has 0 radical (unpaired) electrons. The van der Waals surface area contributed by atoms with Crippen LogP contribution >= 0.6 is 0 Å². The lowest BCUT2D eigenvalue weighted by molar-refractivity contribution is -0.189. The standard InChI is InChI=1S/C32H35N3O5/c1-34(17-19-5-3-2-4-6-19)26(37)21-16-30-11-12-32(21,39)27-31(30)13-14-35(18-29(9-10-29)28(33)38)23(30)15-20-7-8-22(36)25(40-27)24(20)31/h2-8,16,23,27,36,39H,9-15,17-18H2,1H3,(H2,33,38)/t23-,27-,30-,31+,32-/m1/s1. The summed E-state index contributed by atoms with van der Waals surface area (Å²) in [7, 11) is 1.78. The molecule has 0 aromatic heterocycles. The van der Waals surface area contributed by atoms with Crippen LogP contribution in [0.3, 0.4) is 0 Å². The second kappa shape index (κ2) is 7.68. The summed E-state index contributed by atoms with van der Waals surface area (Å²) in [5.74, 6) is 0.123. The second-order valence-corrected chi connectivity index (χ2v) is 13.2. The number of aliphatic hydroxyl groups is 1. The lowest BCUT2D eigenvalue weighted by atomic mass is 9.38. The quantitative estimate of drug-likeness (QED) is 0.517. The van der Waals surface area contributed by atoms with Gasteiger partial charge in [0.1, 0.15) is 11.7 Å². The monoisotopic (exact) mass is 541 g/mol. The van der Waals surface area contributed by atoms with Crippen LogP contribution in [0.25, 0.3) is 0 Å². The molecular formula is C32H35N3O5. The molecule has 8 nitrogen and oxygen atoms in total. The number of piperidine rings is 1. The van der Waals surface area contributed by atoms with Crippen LogP contribution < -0.4 is 10.5 Å². The van der Waals surface area contributed by atoms with Crippen LogP contribution in [0.5, 0.6) is 11.5 Å². The maximum atomic E-state index is 14.1. The number of phenolic OH excluding ortho intramolecular Hbond substituents is 1. The number of carbonyl (C=O) groups is 2. The molecule has 9 rings (SSSR count). The van der Waals surface area contributed by atoms with Crippen molar-refractivity contribution in [2.45, 2.75) is 68.2 Å². The van der Waals surface area contributed by atoms with Gasteiger partial charge in [0.15, 0.2) is 11.5 Å². The molecule has 2 spiro atoms. The minimum atomic E-state index is -1.47. The molecule has 7 aliphatic rings. The fourth-order valence-corrected chi connectivity index (χ4v) is 9.30. The SMILES string of the molecule is CN(Cc1ccccc1)C(=O)C1=C[C@@]23CC[C@]1(O)[C@@H]1Oc4c(O)ccc5c4[C@@]12CCN(CC1(C(N)=O)CC1)[C@@H]3C5. The first-order valence-electron chi connectivity index (χ1n) is 14.5. The van der Waals surface area contributed by atoms with E-state index in [1.54, 1.807) is 18.0 Å². The molecule has 0 unspecified atom stereocenters. The Hall–Kier alpha value is -3.36. The number of hydrogen-bond donors (Lipinski definition) is 3. The van der Waals surface area contributed by atoms with Gasteiger partial charge in [-0.3, -0.25) is 14.5 Å². The fourth-order valence-electron chi connectivity index (χ4n) is 9.30. The molecule has 2 amide bonds. The Morgan fingerprint density at radius 1 is 1.10 bits per heavy atom. The summed E-state index contributed by atoms with van der Waals surface area (Å²) in [6, 6.07) is 13.5. The average Bonchev–Trinajstić information content (AvgIpc) is 3.64. The van der Waals surface area contributed by atoms with E-state index < -0.39 is 27.9 Å². The number of phenols is 1. The third-order valence-electron chi connectivity index (χ3n) is 11.4. The van der Waals surface area contributed by atoms with Crippen LogP contribution in [0.1, 0.15) is 48.8 Å². The van der Waals surface area contributed by atoms with Crippen LogP contribution in [-0.4, -0.2) is 69.7 Å². The van der Waals surface area contributed by atoms with Crippen molar-refractivity contribution in [1.82, 2.24) is 9.80 Å². The summed E-state index contributed by atoms with van der Waals surface area (Å²) < 4.78 is 6.60. The summed E-state index contributed by atoms with van der Waals surface area (Å²) in [5.41, 5.74) is 6.46. The van der Waals surface area contributed by atoms with Gasteiger partial charge in [-0.2, -0.15) is 0 Å². The number of fused-ring (bicyclic) bond motifs is 1. The number of aromatic hydroxyl groups is 1. The molecule has 2 heterocycles. The lowest BCUT2D eigenvalue weighted by Gasteiger charge is -2.70. The van der Waals surface area contributed by atoms with Crippen molar-refractivity contribution in [2.24, 2.45) is 16.6 Å². The minimum Gasteiger partial charge on any atom is -0.504 e. The minimum absolute atomic E-state index is 0.0271. The van der Waals surface area contributed by atoms with E-state index in [1.807, 2.05) is 36.4 Å². The van der Waals surface area contributed by atoms with Crippen molar-refractivity contribution >= 4 is 11.8 Å². The molecule has 4 bridgehead atoms. The number of carbonyl (C=O) groups excluding carboxylic acids is 2. The molecule has 4 N–H and O–H groups in total. The highest BCUT2D eigenvalue weighted by Gasteiger charge is 2.79. The molecule has 8 heteroatoms. The van der Waals surface area contributed by atoms with Gasteiger partial charge in [-0.25, -0.2) is 0 Å². The van der Waals surface area contributed by atoms with Crippen molar-refractivity contribution in [3.63, 3.8) is 0 Å². The normalized spacial score (nSPS) is 35.4. The van der Waals surface area contributed by atoms with Gasteiger partial charge in [-0.15, -0.1) is 0 Å². The predicted octanol–water partition coefficient (Wildman–Crippen LogP) is 2.40. The van der Waals surface area contributed by atoms with Gasteiger partial charge in [0.2, 0.25) is 5.91 Å². The van der Waals surface area contributed by atoms with Crippen molar-refractivity contribution in [1.29, 1.82) is 0 Å². The average molecular weight is 542 g/mol. The van der Waals surface area contributed by atoms with E-state index in [0.29, 0.717) is 43.7 Å². The molecule has 2 aromatic rings. The van der Waals surface area contributed by atoms with Crippen LogP contribution in [0.2, 0.25) is 0 Å². The maximum absolute atomic E-state index is 14.1. The highest BCUT2D eigenvalue weighted by Crippen LogP contribution is 2.74. The van der Waals surface area contributed by atoms with Crippen molar-refractivity contribution < 1.29 is 24.5 Å². The molecule has 5 aliphatic carbocycles. The Kier molecular flexibility index (Phi) is 4.69. The fraction of sp³-hybridized carbons (Fsp3) is 0.500. The largest absolute Gasteiger partial charge is 0.504 e. The molecule has 1 saturated heterocycles. The number of likely N-dealkylation sites (N-methyl/N-ethyl adjacent to an activating group) is 1. The number of amides is 2. The molecular weight excluding hydrogens is 506 g/mol. The Labute approximate surface area is 233 Å². The zero-order valence-corrected chi connectivity index (χ0v) is 22.7. The summed E-state index contributed by atoms with van der Waals surface area (Å²) in [4.78, 5) is 30.7. The summed E-state index contributed by atoms with van der Waals surface area (Å²) >= 11 is 0. The van der Waals surface area contributed by atoms with Crippen LogP contribution in [-0.2, 0) is 28.0 Å². The highest BCUT2D eigenvalue weighted by atomic mass is 16.5. The molecule has 2 saturated carbocycles. The van der Waals surface area contributed by atoms with Gasteiger partial charge in [0, 0.05) is 42.7 Å². The topological polar surface area (TPSA) is 116 Å². The van der Waals surface area contributed by atoms with E-state index in [1.165, 1.54) is 0 Å². The summed E-state index contributed by atoms with van der Waals surface area (Å²) in [6.07, 6.45) is 5.62. The summed E-state index contributed by atoms with van der Waals surface area (Å²) in [6.45, 7) is 1.79. The first-order valence-corrected chi connectivity index (χ1v) is 14.5. The van der Waals surface area contributed by atoms with E-state index in [2.05, 4.69) is 11.0 Å². The number of benzene rings is 2. The highest BCUT2D eigenvalue weighted by molar-refractivity contribution is 5.97.